The van der Waals surface area contributed by atoms with E-state index < -0.39 is 0 Å². The van der Waals surface area contributed by atoms with Gasteiger partial charge in [0.2, 0.25) is 11.8 Å². The summed E-state index contributed by atoms with van der Waals surface area (Å²) in [6.07, 6.45) is 0.910. The Hall–Kier alpha value is -1.99. The van der Waals surface area contributed by atoms with Crippen molar-refractivity contribution >= 4 is 17.5 Å². The number of likely N-dealkylation sites (N-methyl/N-ethyl adjacent to an activating group) is 1. The summed E-state index contributed by atoms with van der Waals surface area (Å²) < 4.78 is 13.5. The van der Waals surface area contributed by atoms with Crippen molar-refractivity contribution in [2.75, 3.05) is 58.7 Å². The first-order valence-electron chi connectivity index (χ1n) is 8.56. The van der Waals surface area contributed by atoms with Gasteiger partial charge in [-0.1, -0.05) is 6.07 Å². The monoisotopic (exact) mass is 350 g/mol. The summed E-state index contributed by atoms with van der Waals surface area (Å²) >= 11 is 0. The lowest BCUT2D eigenvalue weighted by atomic mass is 10.2. The first-order valence-corrected chi connectivity index (χ1v) is 8.56. The zero-order valence-corrected chi connectivity index (χ0v) is 15.2. The molecule has 1 aromatic carbocycles. The van der Waals surface area contributed by atoms with E-state index in [4.69, 9.17) is 0 Å². The third-order valence-electron chi connectivity index (χ3n) is 4.36. The van der Waals surface area contributed by atoms with Crippen LogP contribution in [0.2, 0.25) is 0 Å². The number of nitrogens with one attached hydrogen (secondary N) is 1. The Morgan fingerprint density at radius 3 is 2.36 bits per heavy atom. The molecule has 2 rings (SSSR count). The minimum absolute atomic E-state index is 0.0904. The maximum Gasteiger partial charge on any atom is 0.238 e. The third-order valence-corrected chi connectivity index (χ3v) is 4.36. The van der Waals surface area contributed by atoms with Gasteiger partial charge in [0.25, 0.3) is 0 Å². The molecular formula is C18H27FN4O2. The molecule has 138 valence electrons. The number of amides is 2. The number of aryl methyl sites for hydroxylation is 1. The van der Waals surface area contributed by atoms with Gasteiger partial charge < -0.3 is 10.2 Å². The van der Waals surface area contributed by atoms with E-state index in [0.29, 0.717) is 17.8 Å². The van der Waals surface area contributed by atoms with Crippen molar-refractivity contribution in [3.63, 3.8) is 0 Å². The molecule has 0 unspecified atom stereocenters. The van der Waals surface area contributed by atoms with E-state index in [-0.39, 0.29) is 24.2 Å². The van der Waals surface area contributed by atoms with Crippen molar-refractivity contribution in [1.29, 1.82) is 0 Å². The molecule has 6 nitrogen and oxygen atoms in total. The highest BCUT2D eigenvalue weighted by Crippen LogP contribution is 2.13. The molecule has 2 amide bonds. The average molecular weight is 350 g/mol. The lowest BCUT2D eigenvalue weighted by Gasteiger charge is -2.22. The van der Waals surface area contributed by atoms with E-state index in [1.807, 2.05) is 0 Å². The largest absolute Gasteiger partial charge is 0.348 e. The smallest absolute Gasteiger partial charge is 0.238 e. The van der Waals surface area contributed by atoms with E-state index in [9.17, 15) is 14.0 Å². The molecular weight excluding hydrogens is 323 g/mol. The average Bonchev–Trinajstić information content (AvgIpc) is 2.76. The molecule has 1 aliphatic heterocycles. The second kappa shape index (κ2) is 8.92. The lowest BCUT2D eigenvalue weighted by molar-refractivity contribution is -0.129. The van der Waals surface area contributed by atoms with E-state index >= 15 is 0 Å². The zero-order valence-electron chi connectivity index (χ0n) is 15.2. The van der Waals surface area contributed by atoms with Crippen molar-refractivity contribution in [3.8, 4) is 0 Å². The third kappa shape index (κ3) is 6.10. The minimum Gasteiger partial charge on any atom is -0.348 e. The Morgan fingerprint density at radius 1 is 1.12 bits per heavy atom. The van der Waals surface area contributed by atoms with Crippen molar-refractivity contribution in [2.24, 2.45) is 0 Å². The summed E-state index contributed by atoms with van der Waals surface area (Å²) in [6, 6.07) is 4.69. The van der Waals surface area contributed by atoms with Crippen LogP contribution >= 0.6 is 0 Å². The topological polar surface area (TPSA) is 55.9 Å². The highest BCUT2D eigenvalue weighted by molar-refractivity contribution is 5.92. The predicted octanol–water partition coefficient (Wildman–Crippen LogP) is 1.17. The molecule has 0 atom stereocenters. The fourth-order valence-corrected chi connectivity index (χ4v) is 2.75. The van der Waals surface area contributed by atoms with Crippen LogP contribution in [0.5, 0.6) is 0 Å². The van der Waals surface area contributed by atoms with Gasteiger partial charge in [-0.15, -0.1) is 0 Å². The number of anilines is 1. The summed E-state index contributed by atoms with van der Waals surface area (Å²) in [5.41, 5.74) is 1.03. The number of hydrogen-bond donors (Lipinski definition) is 1. The Bertz CT molecular complexity index is 621. The van der Waals surface area contributed by atoms with Crippen LogP contribution in [0.1, 0.15) is 12.0 Å². The van der Waals surface area contributed by atoms with Gasteiger partial charge in [-0.3, -0.25) is 19.4 Å². The molecule has 0 spiro atoms. The van der Waals surface area contributed by atoms with Crippen molar-refractivity contribution in [2.45, 2.75) is 13.3 Å². The summed E-state index contributed by atoms with van der Waals surface area (Å²) in [5, 5.41) is 2.74. The molecule has 1 saturated heterocycles. The van der Waals surface area contributed by atoms with Crippen LogP contribution in [0.4, 0.5) is 10.1 Å². The van der Waals surface area contributed by atoms with Crippen molar-refractivity contribution in [3.05, 3.63) is 29.6 Å². The SMILES string of the molecule is Cc1ccc(NC(=O)CN2CCCN(CC(=O)N(C)C)CC2)cc1F. The fraction of sp³-hybridized carbons (Fsp3) is 0.556. The van der Waals surface area contributed by atoms with Gasteiger partial charge in [-0.2, -0.15) is 0 Å². The second-order valence-corrected chi connectivity index (χ2v) is 6.71. The number of benzene rings is 1. The van der Waals surface area contributed by atoms with Crippen LogP contribution in [-0.4, -0.2) is 79.9 Å². The van der Waals surface area contributed by atoms with Crippen LogP contribution in [0, 0.1) is 12.7 Å². The first kappa shape index (κ1) is 19.3. The van der Waals surface area contributed by atoms with Gasteiger partial charge in [-0.05, 0) is 44.1 Å². The highest BCUT2D eigenvalue weighted by atomic mass is 19.1. The van der Waals surface area contributed by atoms with E-state index in [0.717, 1.165) is 32.6 Å². The predicted molar refractivity (Wildman–Crippen MR) is 96.0 cm³/mol. The maximum absolute atomic E-state index is 13.5. The number of nitrogens with zero attached hydrogens (tertiary/aromatic N) is 3. The summed E-state index contributed by atoms with van der Waals surface area (Å²) in [6.45, 7) is 5.51. The normalized spacial score (nSPS) is 16.3. The van der Waals surface area contributed by atoms with Crippen LogP contribution in [-0.2, 0) is 9.59 Å². The molecule has 1 aliphatic rings. The van der Waals surface area contributed by atoms with Gasteiger partial charge in [0, 0.05) is 32.9 Å². The number of halogens is 1. The fourth-order valence-electron chi connectivity index (χ4n) is 2.75. The Labute approximate surface area is 148 Å². The maximum atomic E-state index is 13.5. The molecule has 1 aromatic rings. The molecule has 0 radical (unpaired) electrons. The molecule has 7 heteroatoms. The summed E-state index contributed by atoms with van der Waals surface area (Å²) in [4.78, 5) is 29.8. The summed E-state index contributed by atoms with van der Waals surface area (Å²) in [5.74, 6) is -0.387. The Kier molecular flexibility index (Phi) is 6.90. The van der Waals surface area contributed by atoms with Gasteiger partial charge in [0.15, 0.2) is 0 Å². The lowest BCUT2D eigenvalue weighted by Crippen LogP contribution is -2.39. The van der Waals surface area contributed by atoms with E-state index in [1.165, 1.54) is 6.07 Å². The number of carbonyl (C=O) groups excluding carboxylic acids is 2. The molecule has 25 heavy (non-hydrogen) atoms. The summed E-state index contributed by atoms with van der Waals surface area (Å²) in [7, 11) is 3.51. The first-order chi connectivity index (χ1) is 11.8. The van der Waals surface area contributed by atoms with Gasteiger partial charge >= 0.3 is 0 Å². The van der Waals surface area contributed by atoms with Gasteiger partial charge in [-0.25, -0.2) is 4.39 Å². The Morgan fingerprint density at radius 2 is 1.76 bits per heavy atom. The molecule has 1 fully saturated rings. The van der Waals surface area contributed by atoms with E-state index in [1.54, 1.807) is 38.1 Å². The number of hydrogen-bond acceptors (Lipinski definition) is 4. The molecule has 1 N–H and O–H groups in total. The van der Waals surface area contributed by atoms with Gasteiger partial charge in [0.05, 0.1) is 13.1 Å². The van der Waals surface area contributed by atoms with Crippen LogP contribution < -0.4 is 5.32 Å². The van der Waals surface area contributed by atoms with Crippen LogP contribution in [0.25, 0.3) is 0 Å². The minimum atomic E-state index is -0.325. The van der Waals surface area contributed by atoms with E-state index in [2.05, 4.69) is 15.1 Å². The number of rotatable bonds is 5. The van der Waals surface area contributed by atoms with Crippen LogP contribution in [0.3, 0.4) is 0 Å². The van der Waals surface area contributed by atoms with Gasteiger partial charge in [0.1, 0.15) is 5.82 Å². The quantitative estimate of drug-likeness (QED) is 0.866. The standard InChI is InChI=1S/C18H27FN4O2/c1-14-5-6-15(11-16(14)19)20-17(24)12-22-7-4-8-23(10-9-22)13-18(25)21(2)3/h5-6,11H,4,7-10,12-13H2,1-3H3,(H,20,24). The molecule has 0 bridgehead atoms. The van der Waals surface area contributed by atoms with Crippen LogP contribution in [0.15, 0.2) is 18.2 Å². The molecule has 0 aromatic heterocycles. The second-order valence-electron chi connectivity index (χ2n) is 6.71. The molecule has 0 saturated carbocycles. The molecule has 1 heterocycles. The van der Waals surface area contributed by atoms with Crippen molar-refractivity contribution < 1.29 is 14.0 Å². The molecule has 0 aliphatic carbocycles. The Balaban J connectivity index is 1.81. The highest BCUT2D eigenvalue weighted by Gasteiger charge is 2.19. The van der Waals surface area contributed by atoms with Crippen molar-refractivity contribution in [1.82, 2.24) is 14.7 Å². The number of carbonyl (C=O) groups is 2. The zero-order chi connectivity index (χ0) is 18.4.